The highest BCUT2D eigenvalue weighted by molar-refractivity contribution is 9.10. The highest BCUT2D eigenvalue weighted by atomic mass is 79.9. The van der Waals surface area contributed by atoms with Gasteiger partial charge < -0.3 is 14.6 Å². The second-order valence-electron chi connectivity index (χ2n) is 5.49. The number of benzene rings is 2. The monoisotopic (exact) mass is 442 g/mol. The molecule has 5 nitrogen and oxygen atoms in total. The first kappa shape index (κ1) is 19.0. The molecular formula is C20H15BrN2O3S. The van der Waals surface area contributed by atoms with Gasteiger partial charge in [-0.2, -0.15) is 5.26 Å². The highest BCUT2D eigenvalue weighted by Gasteiger charge is 2.12. The van der Waals surface area contributed by atoms with E-state index in [2.05, 4.69) is 27.0 Å². The van der Waals surface area contributed by atoms with Crippen molar-refractivity contribution in [2.24, 2.45) is 0 Å². The van der Waals surface area contributed by atoms with Crippen LogP contribution in [0.1, 0.15) is 10.6 Å². The van der Waals surface area contributed by atoms with Crippen LogP contribution in [0, 0.1) is 11.3 Å². The molecule has 0 aliphatic carbocycles. The normalized spacial score (nSPS) is 11.1. The van der Waals surface area contributed by atoms with E-state index in [4.69, 9.17) is 9.47 Å². The van der Waals surface area contributed by atoms with Crippen molar-refractivity contribution in [3.05, 3.63) is 56.8 Å². The molecule has 0 aliphatic heterocycles. The Labute approximate surface area is 169 Å². The number of aromatic hydroxyl groups is 1. The summed E-state index contributed by atoms with van der Waals surface area (Å²) in [5, 5.41) is 22.0. The van der Waals surface area contributed by atoms with E-state index >= 15 is 0 Å². The summed E-state index contributed by atoms with van der Waals surface area (Å²) in [6.07, 6.45) is 1.71. The van der Waals surface area contributed by atoms with Gasteiger partial charge in [0.05, 0.1) is 30.0 Å². The van der Waals surface area contributed by atoms with E-state index in [0.717, 1.165) is 17.0 Å². The zero-order valence-corrected chi connectivity index (χ0v) is 17.0. The van der Waals surface area contributed by atoms with Gasteiger partial charge in [-0.15, -0.1) is 11.3 Å². The second kappa shape index (κ2) is 8.25. The number of aromatic nitrogens is 1. The number of phenols is 1. The molecule has 1 N–H and O–H groups in total. The number of ether oxygens (including phenoxy) is 2. The SMILES string of the molecule is COc1ccc(-c2csc(/C(C#N)=C\c3cc(Br)c(O)c(OC)c3)n2)cc1. The summed E-state index contributed by atoms with van der Waals surface area (Å²) < 4.78 is 10.8. The van der Waals surface area contributed by atoms with Gasteiger partial charge >= 0.3 is 0 Å². The van der Waals surface area contributed by atoms with Crippen LogP contribution in [0.4, 0.5) is 0 Å². The fourth-order valence-electron chi connectivity index (χ4n) is 2.43. The van der Waals surface area contributed by atoms with E-state index in [1.165, 1.54) is 18.4 Å². The third-order valence-corrected chi connectivity index (χ3v) is 5.30. The van der Waals surface area contributed by atoms with Crippen LogP contribution in [0.2, 0.25) is 0 Å². The Morgan fingerprint density at radius 3 is 2.59 bits per heavy atom. The van der Waals surface area contributed by atoms with Crippen molar-refractivity contribution in [1.82, 2.24) is 4.98 Å². The van der Waals surface area contributed by atoms with Crippen LogP contribution in [0.5, 0.6) is 17.2 Å². The summed E-state index contributed by atoms with van der Waals surface area (Å²) >= 11 is 4.68. The Hall–Kier alpha value is -2.82. The third kappa shape index (κ3) is 4.13. The molecule has 0 bridgehead atoms. The number of allylic oxidation sites excluding steroid dienone is 1. The number of nitriles is 1. The van der Waals surface area contributed by atoms with E-state index in [1.807, 2.05) is 29.6 Å². The van der Waals surface area contributed by atoms with E-state index in [9.17, 15) is 10.4 Å². The Morgan fingerprint density at radius 1 is 1.22 bits per heavy atom. The number of hydrogen-bond donors (Lipinski definition) is 1. The first-order valence-corrected chi connectivity index (χ1v) is 9.51. The summed E-state index contributed by atoms with van der Waals surface area (Å²) in [6, 6.07) is 13.2. The molecule has 0 atom stereocenters. The van der Waals surface area contributed by atoms with Crippen molar-refractivity contribution >= 4 is 38.9 Å². The number of halogens is 1. The van der Waals surface area contributed by atoms with Crippen LogP contribution in [-0.4, -0.2) is 24.3 Å². The number of methoxy groups -OCH3 is 2. The number of thiazole rings is 1. The Bertz CT molecular complexity index is 1040. The molecule has 0 spiro atoms. The van der Waals surface area contributed by atoms with E-state index in [1.54, 1.807) is 25.3 Å². The molecule has 1 heterocycles. The third-order valence-electron chi connectivity index (χ3n) is 3.82. The van der Waals surface area contributed by atoms with Gasteiger partial charge in [-0.1, -0.05) is 0 Å². The molecule has 0 unspecified atom stereocenters. The van der Waals surface area contributed by atoms with Crippen molar-refractivity contribution in [2.45, 2.75) is 0 Å². The molecule has 0 radical (unpaired) electrons. The average Bonchev–Trinajstić information content (AvgIpc) is 3.18. The van der Waals surface area contributed by atoms with E-state index < -0.39 is 0 Å². The quantitative estimate of drug-likeness (QED) is 0.538. The van der Waals surface area contributed by atoms with Crippen molar-refractivity contribution in [3.63, 3.8) is 0 Å². The maximum Gasteiger partial charge on any atom is 0.172 e. The van der Waals surface area contributed by atoms with Gasteiger partial charge in [-0.25, -0.2) is 4.98 Å². The van der Waals surface area contributed by atoms with Crippen LogP contribution in [0.15, 0.2) is 46.3 Å². The molecule has 27 heavy (non-hydrogen) atoms. The minimum Gasteiger partial charge on any atom is -0.503 e. The number of hydrogen-bond acceptors (Lipinski definition) is 6. The Morgan fingerprint density at radius 2 is 1.96 bits per heavy atom. The van der Waals surface area contributed by atoms with Gasteiger partial charge in [-0.3, -0.25) is 0 Å². The van der Waals surface area contributed by atoms with Gasteiger partial charge in [0.25, 0.3) is 0 Å². The van der Waals surface area contributed by atoms with Gasteiger partial charge in [0, 0.05) is 10.9 Å². The Balaban J connectivity index is 1.95. The summed E-state index contributed by atoms with van der Waals surface area (Å²) in [5.74, 6) is 1.12. The lowest BCUT2D eigenvalue weighted by molar-refractivity contribution is 0.372. The molecule has 0 aliphatic rings. The number of phenolic OH excluding ortho intramolecular Hbond substituents is 1. The lowest BCUT2D eigenvalue weighted by atomic mass is 10.1. The predicted octanol–water partition coefficient (Wildman–Crippen LogP) is 5.36. The second-order valence-corrected chi connectivity index (χ2v) is 7.20. The smallest absolute Gasteiger partial charge is 0.172 e. The fraction of sp³-hybridized carbons (Fsp3) is 0.100. The summed E-state index contributed by atoms with van der Waals surface area (Å²) in [7, 11) is 3.10. The molecular weight excluding hydrogens is 428 g/mol. The van der Waals surface area contributed by atoms with Gasteiger partial charge in [0.1, 0.15) is 16.8 Å². The van der Waals surface area contributed by atoms with Crippen molar-refractivity contribution in [3.8, 4) is 34.6 Å². The molecule has 1 aromatic heterocycles. The van der Waals surface area contributed by atoms with Gasteiger partial charge in [-0.05, 0) is 64.0 Å². The molecule has 136 valence electrons. The molecule has 0 fully saturated rings. The maximum absolute atomic E-state index is 9.92. The zero-order valence-electron chi connectivity index (χ0n) is 14.6. The van der Waals surface area contributed by atoms with Crippen LogP contribution in [-0.2, 0) is 0 Å². The van der Waals surface area contributed by atoms with Gasteiger partial charge in [0.15, 0.2) is 11.5 Å². The molecule has 7 heteroatoms. The molecule has 3 aromatic rings. The lowest BCUT2D eigenvalue weighted by Gasteiger charge is -2.06. The highest BCUT2D eigenvalue weighted by Crippen LogP contribution is 2.36. The zero-order chi connectivity index (χ0) is 19.4. The molecule has 0 amide bonds. The first-order chi connectivity index (χ1) is 13.0. The molecule has 3 rings (SSSR count). The standard InChI is InChI=1S/C20H15BrN2O3S/c1-25-15-5-3-13(4-6-15)17-11-27-20(23-17)14(10-22)7-12-8-16(21)19(24)18(9-12)26-2/h3-9,11,24H,1-2H3/b14-7-. The van der Waals surface area contributed by atoms with Crippen molar-refractivity contribution in [1.29, 1.82) is 5.26 Å². The van der Waals surface area contributed by atoms with Crippen LogP contribution >= 0.6 is 27.3 Å². The van der Waals surface area contributed by atoms with Crippen LogP contribution in [0.3, 0.4) is 0 Å². The topological polar surface area (TPSA) is 75.4 Å². The number of rotatable bonds is 5. The largest absolute Gasteiger partial charge is 0.503 e. The van der Waals surface area contributed by atoms with Crippen LogP contribution in [0.25, 0.3) is 22.9 Å². The molecule has 0 saturated carbocycles. The minimum atomic E-state index is 0.0178. The fourth-order valence-corrected chi connectivity index (χ4v) is 3.69. The predicted molar refractivity (Wildman–Crippen MR) is 110 cm³/mol. The van der Waals surface area contributed by atoms with Crippen LogP contribution < -0.4 is 9.47 Å². The van der Waals surface area contributed by atoms with Gasteiger partial charge in [0.2, 0.25) is 0 Å². The summed E-state index contributed by atoms with van der Waals surface area (Å²) in [5.41, 5.74) is 2.89. The molecule has 0 saturated heterocycles. The number of nitrogens with zero attached hydrogens (tertiary/aromatic N) is 2. The maximum atomic E-state index is 9.92. The summed E-state index contributed by atoms with van der Waals surface area (Å²) in [6.45, 7) is 0. The van der Waals surface area contributed by atoms with Crippen molar-refractivity contribution in [2.75, 3.05) is 14.2 Å². The average molecular weight is 443 g/mol. The van der Waals surface area contributed by atoms with E-state index in [-0.39, 0.29) is 5.75 Å². The lowest BCUT2D eigenvalue weighted by Crippen LogP contribution is -1.87. The minimum absolute atomic E-state index is 0.0178. The van der Waals surface area contributed by atoms with Crippen molar-refractivity contribution < 1.29 is 14.6 Å². The summed E-state index contributed by atoms with van der Waals surface area (Å²) in [4.78, 5) is 4.58. The first-order valence-electron chi connectivity index (χ1n) is 7.84. The molecule has 2 aromatic carbocycles. The van der Waals surface area contributed by atoms with E-state index in [0.29, 0.717) is 26.4 Å². The Kier molecular flexibility index (Phi) is 5.79.